The number of benzene rings is 4. The fourth-order valence-electron chi connectivity index (χ4n) is 5.45. The highest BCUT2D eigenvalue weighted by molar-refractivity contribution is 6.02. The van der Waals surface area contributed by atoms with Gasteiger partial charge in [0.25, 0.3) is 0 Å². The summed E-state index contributed by atoms with van der Waals surface area (Å²) in [5, 5.41) is 0. The lowest BCUT2D eigenvalue weighted by atomic mass is 9.95. The maximum atomic E-state index is 13.8. The summed E-state index contributed by atoms with van der Waals surface area (Å²) in [5.74, 6) is -0.563. The van der Waals surface area contributed by atoms with E-state index in [0.29, 0.717) is 11.1 Å². The third-order valence-electron chi connectivity index (χ3n) is 8.03. The second kappa shape index (κ2) is 15.3. The van der Waals surface area contributed by atoms with Crippen LogP contribution in [0.2, 0.25) is 0 Å². The Hall–Kier alpha value is -4.44. The van der Waals surface area contributed by atoms with E-state index >= 15 is 0 Å². The minimum absolute atomic E-state index is 0.228. The van der Waals surface area contributed by atoms with Gasteiger partial charge in [0.2, 0.25) is 0 Å². The Morgan fingerprint density at radius 2 is 0.818 bits per heavy atom. The summed E-state index contributed by atoms with van der Waals surface area (Å²) in [7, 11) is 0. The van der Waals surface area contributed by atoms with Crippen LogP contribution in [0.15, 0.2) is 84.9 Å². The lowest BCUT2D eigenvalue weighted by molar-refractivity contribution is 0.0646. The fourth-order valence-corrected chi connectivity index (χ4v) is 5.45. The number of hydrogen-bond acceptors (Lipinski definition) is 4. The summed E-state index contributed by atoms with van der Waals surface area (Å²) in [6.45, 7) is 12.2. The van der Waals surface area contributed by atoms with Crippen LogP contribution in [-0.4, -0.2) is 11.9 Å². The Bertz CT molecular complexity index is 1460. The molecule has 4 aromatic carbocycles. The first kappa shape index (κ1) is 32.5. The van der Waals surface area contributed by atoms with Gasteiger partial charge in [-0.15, -0.1) is 0 Å². The number of ether oxygens (including phenoxy) is 2. The van der Waals surface area contributed by atoms with Gasteiger partial charge in [0.1, 0.15) is 0 Å². The molecule has 4 aromatic rings. The van der Waals surface area contributed by atoms with Crippen LogP contribution in [0.25, 0.3) is 11.5 Å². The van der Waals surface area contributed by atoms with E-state index < -0.39 is 11.9 Å². The third kappa shape index (κ3) is 7.93. The van der Waals surface area contributed by atoms with Crippen molar-refractivity contribution in [1.29, 1.82) is 0 Å². The van der Waals surface area contributed by atoms with Gasteiger partial charge in [0.05, 0.1) is 11.1 Å². The predicted octanol–water partition coefficient (Wildman–Crippen LogP) is 10.1. The molecule has 0 heterocycles. The second-order valence-corrected chi connectivity index (χ2v) is 11.6. The standard InChI is InChI=1S/C40H44O4/c1-7-9-17-31-19-23-33(24-20-31)39(41)43-37(35-27(3)13-11-14-28(35)4)38(36-29(5)15-12-16-30(36)6)44-40(42)34-25-21-32(22-26-34)18-10-8-2/h11-16,19-26H,7-10,17-18H2,1-6H3/b38-37+. The Kier molecular flexibility index (Phi) is 11.3. The number of rotatable bonds is 12. The first-order chi connectivity index (χ1) is 21.2. The normalized spacial score (nSPS) is 11.6. The molecule has 0 aliphatic heterocycles. The van der Waals surface area contributed by atoms with E-state index in [1.807, 2.05) is 88.4 Å². The van der Waals surface area contributed by atoms with Crippen molar-refractivity contribution in [2.24, 2.45) is 0 Å². The second-order valence-electron chi connectivity index (χ2n) is 11.6. The Morgan fingerprint density at radius 3 is 1.11 bits per heavy atom. The summed E-state index contributed by atoms with van der Waals surface area (Å²) in [6, 6.07) is 26.9. The molecule has 0 spiro atoms. The molecule has 4 heteroatoms. The molecule has 44 heavy (non-hydrogen) atoms. The average molecular weight is 589 g/mol. The van der Waals surface area contributed by atoms with Gasteiger partial charge in [-0.25, -0.2) is 9.59 Å². The van der Waals surface area contributed by atoms with E-state index in [1.165, 1.54) is 11.1 Å². The molecule has 0 fully saturated rings. The van der Waals surface area contributed by atoms with Gasteiger partial charge in [-0.1, -0.05) is 87.4 Å². The zero-order valence-electron chi connectivity index (χ0n) is 27.0. The monoisotopic (exact) mass is 588 g/mol. The first-order valence-electron chi connectivity index (χ1n) is 15.7. The topological polar surface area (TPSA) is 52.6 Å². The Labute approximate surface area is 262 Å². The molecule has 0 aliphatic rings. The average Bonchev–Trinajstić information content (AvgIpc) is 3.02. The van der Waals surface area contributed by atoms with Crippen molar-refractivity contribution in [3.63, 3.8) is 0 Å². The minimum Gasteiger partial charge on any atom is -0.418 e. The predicted molar refractivity (Wildman–Crippen MR) is 180 cm³/mol. The molecule has 0 unspecified atom stereocenters. The van der Waals surface area contributed by atoms with Crippen LogP contribution < -0.4 is 0 Å². The van der Waals surface area contributed by atoms with Gasteiger partial charge in [0.15, 0.2) is 11.5 Å². The molecule has 0 aromatic heterocycles. The van der Waals surface area contributed by atoms with Crippen molar-refractivity contribution in [2.75, 3.05) is 0 Å². The van der Waals surface area contributed by atoms with E-state index in [0.717, 1.165) is 71.9 Å². The van der Waals surface area contributed by atoms with Crippen molar-refractivity contribution < 1.29 is 19.1 Å². The van der Waals surface area contributed by atoms with E-state index in [1.54, 1.807) is 24.3 Å². The van der Waals surface area contributed by atoms with Gasteiger partial charge in [0, 0.05) is 11.1 Å². The van der Waals surface area contributed by atoms with Crippen LogP contribution in [0.1, 0.15) is 105 Å². The molecular formula is C40H44O4. The van der Waals surface area contributed by atoms with Gasteiger partial charge in [-0.3, -0.25) is 0 Å². The number of unbranched alkanes of at least 4 members (excludes halogenated alkanes) is 2. The van der Waals surface area contributed by atoms with Gasteiger partial charge in [-0.05, 0) is 111 Å². The molecular weight excluding hydrogens is 544 g/mol. The number of esters is 2. The summed E-state index contributed by atoms with van der Waals surface area (Å²) in [4.78, 5) is 27.5. The zero-order valence-corrected chi connectivity index (χ0v) is 27.0. The van der Waals surface area contributed by atoms with Crippen molar-refractivity contribution in [3.8, 4) is 0 Å². The molecule has 0 radical (unpaired) electrons. The smallest absolute Gasteiger partial charge is 0.343 e. The maximum absolute atomic E-state index is 13.8. The Balaban J connectivity index is 1.85. The minimum atomic E-state index is -0.509. The van der Waals surface area contributed by atoms with Crippen LogP contribution in [0.3, 0.4) is 0 Å². The fraction of sp³-hybridized carbons (Fsp3) is 0.300. The molecule has 0 amide bonds. The molecule has 228 valence electrons. The summed E-state index contributed by atoms with van der Waals surface area (Å²) in [6.07, 6.45) is 6.33. The van der Waals surface area contributed by atoms with Crippen molar-refractivity contribution >= 4 is 23.5 Å². The lowest BCUT2D eigenvalue weighted by Crippen LogP contribution is -2.13. The van der Waals surface area contributed by atoms with Crippen LogP contribution in [0.4, 0.5) is 0 Å². The molecule has 0 bridgehead atoms. The highest BCUT2D eigenvalue weighted by Crippen LogP contribution is 2.36. The Morgan fingerprint density at radius 1 is 0.500 bits per heavy atom. The van der Waals surface area contributed by atoms with Crippen LogP contribution in [0, 0.1) is 27.7 Å². The SMILES string of the molecule is CCCCc1ccc(C(=O)O/C(=C(/OC(=O)c2ccc(CCCC)cc2)c2c(C)cccc2C)c2c(C)cccc2C)cc1. The maximum Gasteiger partial charge on any atom is 0.343 e. The number of carbonyl (C=O) groups excluding carboxylic acids is 2. The van der Waals surface area contributed by atoms with Crippen molar-refractivity contribution in [1.82, 2.24) is 0 Å². The van der Waals surface area contributed by atoms with Gasteiger partial charge in [-0.2, -0.15) is 0 Å². The van der Waals surface area contributed by atoms with Crippen molar-refractivity contribution in [3.05, 3.63) is 141 Å². The van der Waals surface area contributed by atoms with E-state index in [-0.39, 0.29) is 11.5 Å². The van der Waals surface area contributed by atoms with E-state index in [4.69, 9.17) is 9.47 Å². The van der Waals surface area contributed by atoms with Crippen LogP contribution in [-0.2, 0) is 22.3 Å². The molecule has 0 atom stereocenters. The summed E-state index contributed by atoms with van der Waals surface area (Å²) >= 11 is 0. The molecule has 4 rings (SSSR count). The van der Waals surface area contributed by atoms with Crippen LogP contribution in [0.5, 0.6) is 0 Å². The van der Waals surface area contributed by atoms with Crippen molar-refractivity contribution in [2.45, 2.75) is 80.1 Å². The van der Waals surface area contributed by atoms with E-state index in [2.05, 4.69) is 13.8 Å². The summed E-state index contributed by atoms with van der Waals surface area (Å²) < 4.78 is 12.6. The highest BCUT2D eigenvalue weighted by atomic mass is 16.6. The van der Waals surface area contributed by atoms with Gasteiger partial charge >= 0.3 is 11.9 Å². The first-order valence-corrected chi connectivity index (χ1v) is 15.7. The van der Waals surface area contributed by atoms with E-state index in [9.17, 15) is 9.59 Å². The quantitative estimate of drug-likeness (QED) is 0.0939. The molecule has 4 nitrogen and oxygen atoms in total. The number of hydrogen-bond donors (Lipinski definition) is 0. The molecule has 0 aliphatic carbocycles. The number of carbonyl (C=O) groups is 2. The lowest BCUT2D eigenvalue weighted by Gasteiger charge is -2.21. The highest BCUT2D eigenvalue weighted by Gasteiger charge is 2.27. The number of aryl methyl sites for hydroxylation is 6. The zero-order chi connectivity index (χ0) is 31.6. The molecule has 0 N–H and O–H groups in total. The third-order valence-corrected chi connectivity index (χ3v) is 8.03. The largest absolute Gasteiger partial charge is 0.418 e. The molecule has 0 saturated carbocycles. The summed E-state index contributed by atoms with van der Waals surface area (Å²) in [5.41, 5.74) is 8.30. The van der Waals surface area contributed by atoms with Gasteiger partial charge < -0.3 is 9.47 Å². The molecule has 0 saturated heterocycles. The van der Waals surface area contributed by atoms with Crippen LogP contribution >= 0.6 is 0 Å².